The number of hydrogen-bond donors (Lipinski definition) is 3. The highest BCUT2D eigenvalue weighted by Crippen LogP contribution is 2.17. The number of aromatic carboxylic acids is 1. The second kappa shape index (κ2) is 9.68. The third-order valence-electron chi connectivity index (χ3n) is 3.83. The molecule has 3 N–H and O–H groups in total. The molecule has 0 radical (unpaired) electrons. The molecule has 0 saturated heterocycles. The molecule has 0 unspecified atom stereocenters. The number of nitrogens with one attached hydrogen (secondary N) is 2. The molecule has 6 nitrogen and oxygen atoms in total. The summed E-state index contributed by atoms with van der Waals surface area (Å²) in [6, 6.07) is 11.5. The number of carboxylic acids is 1. The minimum atomic E-state index is -0.998. The van der Waals surface area contributed by atoms with Crippen molar-refractivity contribution in [2.24, 2.45) is 0 Å². The summed E-state index contributed by atoms with van der Waals surface area (Å²) in [6.07, 6.45) is 2.04. The summed E-state index contributed by atoms with van der Waals surface area (Å²) < 4.78 is 5.57. The van der Waals surface area contributed by atoms with Crippen molar-refractivity contribution in [1.29, 1.82) is 0 Å². The highest BCUT2D eigenvalue weighted by atomic mass is 32.1. The van der Waals surface area contributed by atoms with Crippen molar-refractivity contribution < 1.29 is 19.4 Å². The summed E-state index contributed by atoms with van der Waals surface area (Å²) in [4.78, 5) is 23.3. The van der Waals surface area contributed by atoms with Crippen LogP contribution in [0.15, 0.2) is 42.5 Å². The summed E-state index contributed by atoms with van der Waals surface area (Å²) in [5.41, 5.74) is 1.99. The number of anilines is 1. The molecule has 2 aromatic carbocycles. The molecular formula is C20H22N2O4S. The molecule has 142 valence electrons. The minimum Gasteiger partial charge on any atom is -0.494 e. The predicted molar refractivity (Wildman–Crippen MR) is 109 cm³/mol. The standard InChI is InChI=1S/C20H22N2O4S/c1-3-4-11-26-16-8-5-14(6-9-16)18(23)22-20(27)21-17-10-7-15(19(24)25)12-13(17)2/h5-10,12H,3-4,11H2,1-2H3,(H,24,25)(H2,21,22,23,27). The van der Waals surface area contributed by atoms with Crippen LogP contribution in [-0.4, -0.2) is 28.7 Å². The lowest BCUT2D eigenvalue weighted by molar-refractivity contribution is 0.0696. The van der Waals surface area contributed by atoms with Crippen LogP contribution in [0.4, 0.5) is 5.69 Å². The van der Waals surface area contributed by atoms with E-state index in [4.69, 9.17) is 22.1 Å². The molecule has 2 rings (SSSR count). The van der Waals surface area contributed by atoms with Crippen molar-refractivity contribution in [3.8, 4) is 5.75 Å². The molecule has 27 heavy (non-hydrogen) atoms. The van der Waals surface area contributed by atoms with Gasteiger partial charge >= 0.3 is 5.97 Å². The van der Waals surface area contributed by atoms with Crippen molar-refractivity contribution in [2.75, 3.05) is 11.9 Å². The van der Waals surface area contributed by atoms with E-state index in [1.165, 1.54) is 12.1 Å². The number of carboxylic acid groups (broad SMARTS) is 1. The number of ether oxygens (including phenoxy) is 1. The van der Waals surface area contributed by atoms with Crippen LogP contribution < -0.4 is 15.4 Å². The first-order valence-corrected chi connectivity index (χ1v) is 9.00. The monoisotopic (exact) mass is 386 g/mol. The van der Waals surface area contributed by atoms with Crippen molar-refractivity contribution in [3.05, 3.63) is 59.2 Å². The number of thiocarbonyl (C=S) groups is 1. The Labute approximate surface area is 163 Å². The summed E-state index contributed by atoms with van der Waals surface area (Å²) in [5, 5.41) is 14.6. The zero-order chi connectivity index (χ0) is 19.8. The Balaban J connectivity index is 1.93. The lowest BCUT2D eigenvalue weighted by atomic mass is 10.1. The highest BCUT2D eigenvalue weighted by Gasteiger charge is 2.10. The predicted octanol–water partition coefficient (Wildman–Crippen LogP) is 4.00. The van der Waals surface area contributed by atoms with Crippen LogP contribution in [0.3, 0.4) is 0 Å². The van der Waals surface area contributed by atoms with Gasteiger partial charge in [-0.2, -0.15) is 0 Å². The highest BCUT2D eigenvalue weighted by molar-refractivity contribution is 7.80. The lowest BCUT2D eigenvalue weighted by Crippen LogP contribution is -2.34. The first-order chi connectivity index (χ1) is 12.9. The van der Waals surface area contributed by atoms with E-state index in [2.05, 4.69) is 17.6 Å². The second-order valence-corrected chi connectivity index (χ2v) is 6.38. The van der Waals surface area contributed by atoms with Gasteiger partial charge in [0.05, 0.1) is 12.2 Å². The Morgan fingerprint density at radius 2 is 1.78 bits per heavy atom. The van der Waals surface area contributed by atoms with Gasteiger partial charge in [-0.05, 0) is 73.6 Å². The number of aryl methyl sites for hydroxylation is 1. The van der Waals surface area contributed by atoms with E-state index in [0.717, 1.165) is 18.6 Å². The normalized spacial score (nSPS) is 10.1. The fourth-order valence-corrected chi connectivity index (χ4v) is 2.51. The number of rotatable bonds is 7. The van der Waals surface area contributed by atoms with Crippen molar-refractivity contribution in [1.82, 2.24) is 5.32 Å². The zero-order valence-electron chi connectivity index (χ0n) is 15.2. The van der Waals surface area contributed by atoms with Crippen molar-refractivity contribution in [3.63, 3.8) is 0 Å². The van der Waals surface area contributed by atoms with Crippen LogP contribution in [0, 0.1) is 6.92 Å². The number of unbranched alkanes of at least 4 members (excludes halogenated alkanes) is 1. The second-order valence-electron chi connectivity index (χ2n) is 5.97. The van der Waals surface area contributed by atoms with Gasteiger partial charge in [-0.3, -0.25) is 10.1 Å². The average Bonchev–Trinajstić information content (AvgIpc) is 2.64. The zero-order valence-corrected chi connectivity index (χ0v) is 16.1. The van der Waals surface area contributed by atoms with Gasteiger partial charge in [-0.25, -0.2) is 4.79 Å². The Morgan fingerprint density at radius 3 is 2.37 bits per heavy atom. The quantitative estimate of drug-likeness (QED) is 0.492. The number of carbonyl (C=O) groups is 2. The number of amides is 1. The van der Waals surface area contributed by atoms with Gasteiger partial charge in [-0.15, -0.1) is 0 Å². The van der Waals surface area contributed by atoms with Gasteiger partial charge in [0.1, 0.15) is 5.75 Å². The summed E-state index contributed by atoms with van der Waals surface area (Å²) in [7, 11) is 0. The molecular weight excluding hydrogens is 364 g/mol. The summed E-state index contributed by atoms with van der Waals surface area (Å²) >= 11 is 5.17. The molecule has 7 heteroatoms. The molecule has 0 aromatic heterocycles. The first kappa shape index (κ1) is 20.4. The smallest absolute Gasteiger partial charge is 0.335 e. The maximum Gasteiger partial charge on any atom is 0.335 e. The lowest BCUT2D eigenvalue weighted by Gasteiger charge is -2.12. The Hall–Kier alpha value is -2.93. The first-order valence-electron chi connectivity index (χ1n) is 8.60. The van der Waals surface area contributed by atoms with Crippen LogP contribution in [0.5, 0.6) is 5.75 Å². The molecule has 0 aliphatic rings. The van der Waals surface area contributed by atoms with E-state index in [-0.39, 0.29) is 16.6 Å². The molecule has 0 aliphatic heterocycles. The van der Waals surface area contributed by atoms with E-state index in [0.29, 0.717) is 23.4 Å². The van der Waals surface area contributed by atoms with E-state index in [1.54, 1.807) is 37.3 Å². The SMILES string of the molecule is CCCCOc1ccc(C(=O)NC(=S)Nc2ccc(C(=O)O)cc2C)cc1. The van der Waals surface area contributed by atoms with Gasteiger partial charge in [0.25, 0.3) is 5.91 Å². The van der Waals surface area contributed by atoms with Crippen LogP contribution in [0.25, 0.3) is 0 Å². The van der Waals surface area contributed by atoms with Gasteiger partial charge in [-0.1, -0.05) is 13.3 Å². The maximum atomic E-state index is 12.3. The molecule has 0 aliphatic carbocycles. The Bertz CT molecular complexity index is 834. The molecule has 0 spiro atoms. The van der Waals surface area contributed by atoms with Crippen LogP contribution in [0.1, 0.15) is 46.0 Å². The molecule has 1 amide bonds. The number of benzene rings is 2. The van der Waals surface area contributed by atoms with Crippen LogP contribution in [0.2, 0.25) is 0 Å². The Morgan fingerprint density at radius 1 is 1.11 bits per heavy atom. The summed E-state index contributed by atoms with van der Waals surface area (Å²) in [6.45, 7) is 4.50. The molecule has 0 fully saturated rings. The van der Waals surface area contributed by atoms with Gasteiger partial charge in [0, 0.05) is 11.3 Å². The van der Waals surface area contributed by atoms with E-state index in [9.17, 15) is 9.59 Å². The Kier molecular flexibility index (Phi) is 7.31. The maximum absolute atomic E-state index is 12.3. The summed E-state index contributed by atoms with van der Waals surface area (Å²) in [5.74, 6) is -0.620. The number of hydrogen-bond acceptors (Lipinski definition) is 4. The number of carbonyl (C=O) groups excluding carboxylic acids is 1. The van der Waals surface area contributed by atoms with Crippen molar-refractivity contribution >= 4 is 34.9 Å². The van der Waals surface area contributed by atoms with Gasteiger partial charge < -0.3 is 15.2 Å². The fourth-order valence-electron chi connectivity index (χ4n) is 2.30. The largest absolute Gasteiger partial charge is 0.494 e. The van der Waals surface area contributed by atoms with Gasteiger partial charge in [0.15, 0.2) is 5.11 Å². The molecule has 0 bridgehead atoms. The molecule has 2 aromatic rings. The van der Waals surface area contributed by atoms with Crippen LogP contribution >= 0.6 is 12.2 Å². The average molecular weight is 386 g/mol. The van der Waals surface area contributed by atoms with Gasteiger partial charge in [0.2, 0.25) is 0 Å². The third-order valence-corrected chi connectivity index (χ3v) is 4.04. The van der Waals surface area contributed by atoms with E-state index < -0.39 is 5.97 Å². The van der Waals surface area contributed by atoms with E-state index in [1.807, 2.05) is 0 Å². The van der Waals surface area contributed by atoms with Crippen molar-refractivity contribution in [2.45, 2.75) is 26.7 Å². The topological polar surface area (TPSA) is 87.7 Å². The molecule has 0 saturated carbocycles. The fraction of sp³-hybridized carbons (Fsp3) is 0.250. The molecule has 0 heterocycles. The van der Waals surface area contributed by atoms with Crippen LogP contribution in [-0.2, 0) is 0 Å². The molecule has 0 atom stereocenters. The minimum absolute atomic E-state index is 0.134. The third kappa shape index (κ3) is 6.07. The van der Waals surface area contributed by atoms with E-state index >= 15 is 0 Å².